The van der Waals surface area contributed by atoms with Gasteiger partial charge >= 0.3 is 6.09 Å². The van der Waals surface area contributed by atoms with Crippen molar-refractivity contribution < 1.29 is 9.53 Å². The molecule has 5 nitrogen and oxygen atoms in total. The van der Waals surface area contributed by atoms with Gasteiger partial charge in [0.2, 0.25) is 0 Å². The Bertz CT molecular complexity index is 734. The second-order valence-electron chi connectivity index (χ2n) is 6.57. The summed E-state index contributed by atoms with van der Waals surface area (Å²) < 4.78 is 6.23. The lowest BCUT2D eigenvalue weighted by molar-refractivity contribution is 0.0636. The van der Waals surface area contributed by atoms with E-state index in [2.05, 4.69) is 26.6 Å². The zero-order valence-corrected chi connectivity index (χ0v) is 15.8. The van der Waals surface area contributed by atoms with Gasteiger partial charge in [0.25, 0.3) is 0 Å². The van der Waals surface area contributed by atoms with E-state index in [4.69, 9.17) is 10.5 Å². The third-order valence-corrected chi connectivity index (χ3v) is 3.48. The molecule has 2 aromatic rings. The van der Waals surface area contributed by atoms with Crippen molar-refractivity contribution in [1.82, 2.24) is 0 Å². The first-order valence-electron chi connectivity index (χ1n) is 7.56. The van der Waals surface area contributed by atoms with Gasteiger partial charge in [0.05, 0.1) is 11.4 Å². The average molecular weight is 392 g/mol. The number of carbonyl (C=O) groups is 1. The molecule has 0 aliphatic heterocycles. The summed E-state index contributed by atoms with van der Waals surface area (Å²) in [7, 11) is 0. The van der Waals surface area contributed by atoms with E-state index in [9.17, 15) is 4.79 Å². The second-order valence-corrected chi connectivity index (χ2v) is 7.49. The molecule has 1 amide bonds. The van der Waals surface area contributed by atoms with Crippen molar-refractivity contribution in [3.8, 4) is 0 Å². The van der Waals surface area contributed by atoms with Gasteiger partial charge in [-0.1, -0.05) is 15.9 Å². The Morgan fingerprint density at radius 1 is 1.12 bits per heavy atom. The molecule has 24 heavy (non-hydrogen) atoms. The smallest absolute Gasteiger partial charge is 0.412 e. The maximum atomic E-state index is 11.9. The minimum Gasteiger partial charge on any atom is -0.444 e. The van der Waals surface area contributed by atoms with Gasteiger partial charge in [-0.15, -0.1) is 0 Å². The predicted octanol–water partition coefficient (Wildman–Crippen LogP) is 5.43. The van der Waals surface area contributed by atoms with Gasteiger partial charge < -0.3 is 15.8 Å². The quantitative estimate of drug-likeness (QED) is 0.609. The number of halogens is 1. The lowest BCUT2D eigenvalue weighted by atomic mass is 10.2. The standard InChI is InChI=1S/C18H22BrN3O2/c1-11-7-12(19)9-14(8-11)21-16-10-13(5-6-15(16)20)22-17(23)24-18(2,3)4/h5-10,21H,20H2,1-4H3,(H,22,23). The first-order valence-corrected chi connectivity index (χ1v) is 8.35. The van der Waals surface area contributed by atoms with Crippen LogP contribution in [0.5, 0.6) is 0 Å². The largest absolute Gasteiger partial charge is 0.444 e. The fourth-order valence-corrected chi connectivity index (χ4v) is 2.74. The fraction of sp³-hybridized carbons (Fsp3) is 0.278. The first kappa shape index (κ1) is 18.1. The molecule has 0 atom stereocenters. The summed E-state index contributed by atoms with van der Waals surface area (Å²) in [5.41, 5.74) is 9.40. The van der Waals surface area contributed by atoms with Gasteiger partial charge in [-0.25, -0.2) is 4.79 Å². The third kappa shape index (κ3) is 5.45. The summed E-state index contributed by atoms with van der Waals surface area (Å²) in [5, 5.41) is 5.98. The molecule has 2 rings (SSSR count). The van der Waals surface area contributed by atoms with Crippen LogP contribution < -0.4 is 16.4 Å². The summed E-state index contributed by atoms with van der Waals surface area (Å²) in [4.78, 5) is 11.9. The van der Waals surface area contributed by atoms with Gasteiger partial charge in [-0.2, -0.15) is 0 Å². The van der Waals surface area contributed by atoms with E-state index >= 15 is 0 Å². The number of carbonyl (C=O) groups excluding carboxylic acids is 1. The van der Waals surface area contributed by atoms with Crippen LogP contribution in [0.4, 0.5) is 27.5 Å². The van der Waals surface area contributed by atoms with Crippen molar-refractivity contribution in [3.63, 3.8) is 0 Å². The summed E-state index contributed by atoms with van der Waals surface area (Å²) in [5.74, 6) is 0. The number of amides is 1. The summed E-state index contributed by atoms with van der Waals surface area (Å²) in [6.45, 7) is 7.47. The molecule has 0 aliphatic rings. The van der Waals surface area contributed by atoms with E-state index in [1.807, 2.05) is 45.9 Å². The van der Waals surface area contributed by atoms with Gasteiger partial charge in [0.15, 0.2) is 0 Å². The number of aryl methyl sites for hydroxylation is 1. The van der Waals surface area contributed by atoms with Gasteiger partial charge in [-0.3, -0.25) is 5.32 Å². The number of nitrogens with one attached hydrogen (secondary N) is 2. The van der Waals surface area contributed by atoms with Crippen LogP contribution in [-0.2, 0) is 4.74 Å². The number of benzene rings is 2. The molecule has 0 aromatic heterocycles. The Kier molecular flexibility index (Phi) is 5.39. The second kappa shape index (κ2) is 7.13. The van der Waals surface area contributed by atoms with E-state index in [1.54, 1.807) is 18.2 Å². The third-order valence-electron chi connectivity index (χ3n) is 3.02. The lowest BCUT2D eigenvalue weighted by Gasteiger charge is -2.20. The molecule has 0 saturated carbocycles. The van der Waals surface area contributed by atoms with E-state index in [-0.39, 0.29) is 0 Å². The van der Waals surface area contributed by atoms with E-state index in [0.29, 0.717) is 17.1 Å². The molecule has 0 fully saturated rings. The molecule has 128 valence electrons. The van der Waals surface area contributed by atoms with Crippen molar-refractivity contribution in [2.45, 2.75) is 33.3 Å². The van der Waals surface area contributed by atoms with Crippen molar-refractivity contribution in [2.75, 3.05) is 16.4 Å². The van der Waals surface area contributed by atoms with Gasteiger partial charge in [0, 0.05) is 15.8 Å². The van der Waals surface area contributed by atoms with Crippen molar-refractivity contribution in [1.29, 1.82) is 0 Å². The van der Waals surface area contributed by atoms with Crippen LogP contribution in [0, 0.1) is 6.92 Å². The average Bonchev–Trinajstić information content (AvgIpc) is 2.39. The van der Waals surface area contributed by atoms with E-state index in [1.165, 1.54) is 0 Å². The van der Waals surface area contributed by atoms with Crippen LogP contribution >= 0.6 is 15.9 Å². The Hall–Kier alpha value is -2.21. The highest BCUT2D eigenvalue weighted by molar-refractivity contribution is 9.10. The molecule has 0 radical (unpaired) electrons. The zero-order valence-electron chi connectivity index (χ0n) is 14.2. The highest BCUT2D eigenvalue weighted by Crippen LogP contribution is 2.29. The molecule has 6 heteroatoms. The number of nitrogens with two attached hydrogens (primary N) is 1. The van der Waals surface area contributed by atoms with Crippen LogP contribution in [0.25, 0.3) is 0 Å². The number of hydrogen-bond acceptors (Lipinski definition) is 4. The fourth-order valence-electron chi connectivity index (χ4n) is 2.13. The summed E-state index contributed by atoms with van der Waals surface area (Å²) in [6, 6.07) is 11.2. The Labute approximate surface area is 150 Å². The molecular weight excluding hydrogens is 370 g/mol. The normalized spacial score (nSPS) is 11.0. The molecule has 0 aliphatic carbocycles. The Morgan fingerprint density at radius 2 is 1.83 bits per heavy atom. The molecule has 0 bridgehead atoms. The highest BCUT2D eigenvalue weighted by Gasteiger charge is 2.16. The van der Waals surface area contributed by atoms with Crippen LogP contribution in [0.1, 0.15) is 26.3 Å². The summed E-state index contributed by atoms with van der Waals surface area (Å²) >= 11 is 3.48. The zero-order chi connectivity index (χ0) is 17.9. The number of rotatable bonds is 3. The lowest BCUT2D eigenvalue weighted by Crippen LogP contribution is -2.27. The maximum absolute atomic E-state index is 11.9. The van der Waals surface area contributed by atoms with E-state index in [0.717, 1.165) is 15.7 Å². The number of hydrogen-bond donors (Lipinski definition) is 3. The topological polar surface area (TPSA) is 76.4 Å². The number of nitrogen functional groups attached to an aromatic ring is 1. The van der Waals surface area contributed by atoms with Crippen molar-refractivity contribution in [3.05, 3.63) is 46.4 Å². The SMILES string of the molecule is Cc1cc(Br)cc(Nc2cc(NC(=O)OC(C)(C)C)ccc2N)c1. The van der Waals surface area contributed by atoms with Crippen LogP contribution in [0.15, 0.2) is 40.9 Å². The molecule has 0 unspecified atom stereocenters. The summed E-state index contributed by atoms with van der Waals surface area (Å²) in [6.07, 6.45) is -0.503. The van der Waals surface area contributed by atoms with E-state index < -0.39 is 11.7 Å². The van der Waals surface area contributed by atoms with Crippen LogP contribution in [-0.4, -0.2) is 11.7 Å². The Morgan fingerprint density at radius 3 is 2.46 bits per heavy atom. The predicted molar refractivity (Wildman–Crippen MR) is 103 cm³/mol. The maximum Gasteiger partial charge on any atom is 0.412 e. The minimum atomic E-state index is -0.549. The van der Waals surface area contributed by atoms with Gasteiger partial charge in [-0.05, 0) is 69.7 Å². The molecule has 4 N–H and O–H groups in total. The van der Waals surface area contributed by atoms with Crippen LogP contribution in [0.3, 0.4) is 0 Å². The molecule has 0 heterocycles. The van der Waals surface area contributed by atoms with Gasteiger partial charge in [0.1, 0.15) is 5.60 Å². The highest BCUT2D eigenvalue weighted by atomic mass is 79.9. The molecule has 0 saturated heterocycles. The van der Waals surface area contributed by atoms with Crippen LogP contribution in [0.2, 0.25) is 0 Å². The monoisotopic (exact) mass is 391 g/mol. The minimum absolute atomic E-state index is 0.503. The number of anilines is 4. The molecule has 2 aromatic carbocycles. The molecular formula is C18H22BrN3O2. The first-order chi connectivity index (χ1) is 11.1. The Balaban J connectivity index is 2.18. The number of ether oxygens (including phenoxy) is 1. The molecule has 0 spiro atoms. The van der Waals surface area contributed by atoms with Crippen molar-refractivity contribution in [2.24, 2.45) is 0 Å². The van der Waals surface area contributed by atoms with Crippen molar-refractivity contribution >= 4 is 44.8 Å².